The van der Waals surface area contributed by atoms with Gasteiger partial charge in [0.1, 0.15) is 5.82 Å². The maximum absolute atomic E-state index is 4.41. The smallest absolute Gasteiger partial charge is 0.191 e. The molecule has 3 rings (SSSR count). The first-order chi connectivity index (χ1) is 8.86. The second-order valence-corrected chi connectivity index (χ2v) is 6.67. The van der Waals surface area contributed by atoms with E-state index in [-0.39, 0.29) is 0 Å². The minimum atomic E-state index is 0.703. The minimum absolute atomic E-state index is 0.703. The molecule has 0 saturated heterocycles. The van der Waals surface area contributed by atoms with Crippen molar-refractivity contribution in [2.75, 3.05) is 7.05 Å². The SMILES string of the molecule is CNC1CCC(Sc2nnc3n2CCCCC3)C1. The normalized spacial score (nSPS) is 28.1. The summed E-state index contributed by atoms with van der Waals surface area (Å²) in [6, 6.07) is 0.703. The van der Waals surface area contributed by atoms with Gasteiger partial charge >= 0.3 is 0 Å². The summed E-state index contributed by atoms with van der Waals surface area (Å²) in [6.07, 6.45) is 8.86. The molecule has 0 spiro atoms. The molecule has 0 bridgehead atoms. The van der Waals surface area contributed by atoms with Gasteiger partial charge in [0.2, 0.25) is 0 Å². The molecule has 1 aromatic rings. The summed E-state index contributed by atoms with van der Waals surface area (Å²) in [5.41, 5.74) is 0. The maximum Gasteiger partial charge on any atom is 0.191 e. The van der Waals surface area contributed by atoms with Gasteiger partial charge in [-0.1, -0.05) is 18.2 Å². The van der Waals surface area contributed by atoms with Crippen LogP contribution in [-0.2, 0) is 13.0 Å². The van der Waals surface area contributed by atoms with Crippen molar-refractivity contribution >= 4 is 11.8 Å². The zero-order valence-electron chi connectivity index (χ0n) is 11.1. The van der Waals surface area contributed by atoms with E-state index in [4.69, 9.17) is 0 Å². The lowest BCUT2D eigenvalue weighted by Crippen LogP contribution is -2.21. The van der Waals surface area contributed by atoms with Crippen molar-refractivity contribution in [1.29, 1.82) is 0 Å². The molecule has 1 N–H and O–H groups in total. The number of thioether (sulfide) groups is 1. The van der Waals surface area contributed by atoms with Gasteiger partial charge < -0.3 is 9.88 Å². The van der Waals surface area contributed by atoms with Crippen LogP contribution in [0.5, 0.6) is 0 Å². The van der Waals surface area contributed by atoms with Gasteiger partial charge in [0, 0.05) is 24.3 Å². The van der Waals surface area contributed by atoms with Gasteiger partial charge in [-0.05, 0) is 39.2 Å². The molecule has 18 heavy (non-hydrogen) atoms. The van der Waals surface area contributed by atoms with Crippen LogP contribution in [-0.4, -0.2) is 33.1 Å². The molecular weight excluding hydrogens is 244 g/mol. The Balaban J connectivity index is 1.68. The van der Waals surface area contributed by atoms with Crippen LogP contribution in [0, 0.1) is 0 Å². The summed E-state index contributed by atoms with van der Waals surface area (Å²) in [7, 11) is 2.07. The fraction of sp³-hybridized carbons (Fsp3) is 0.846. The fourth-order valence-corrected chi connectivity index (χ4v) is 4.30. The molecule has 1 aromatic heterocycles. The molecular formula is C13H22N4S. The third-order valence-electron chi connectivity index (χ3n) is 4.14. The van der Waals surface area contributed by atoms with Crippen LogP contribution >= 0.6 is 11.8 Å². The third-order valence-corrected chi connectivity index (χ3v) is 5.41. The molecule has 0 aromatic carbocycles. The number of hydrogen-bond acceptors (Lipinski definition) is 4. The Morgan fingerprint density at radius 1 is 1.22 bits per heavy atom. The number of nitrogens with zero attached hydrogens (tertiary/aromatic N) is 3. The minimum Gasteiger partial charge on any atom is -0.317 e. The first-order valence-electron chi connectivity index (χ1n) is 7.13. The van der Waals surface area contributed by atoms with Crippen LogP contribution in [0.1, 0.15) is 44.3 Å². The number of aryl methyl sites for hydroxylation is 1. The highest BCUT2D eigenvalue weighted by molar-refractivity contribution is 7.99. The standard InChI is InChI=1S/C13H22N4S/c1-14-10-6-7-11(9-10)18-13-16-15-12-5-3-2-4-8-17(12)13/h10-11,14H,2-9H2,1H3. The number of nitrogens with one attached hydrogen (secondary N) is 1. The Bertz CT molecular complexity index is 404. The summed E-state index contributed by atoms with van der Waals surface area (Å²) in [6.45, 7) is 1.12. The summed E-state index contributed by atoms with van der Waals surface area (Å²) in [4.78, 5) is 0. The molecule has 0 amide bonds. The number of rotatable bonds is 3. The van der Waals surface area contributed by atoms with Gasteiger partial charge in [-0.25, -0.2) is 0 Å². The van der Waals surface area contributed by atoms with E-state index >= 15 is 0 Å². The Morgan fingerprint density at radius 3 is 3.00 bits per heavy atom. The van der Waals surface area contributed by atoms with Crippen LogP contribution in [0.2, 0.25) is 0 Å². The van der Waals surface area contributed by atoms with Crippen LogP contribution < -0.4 is 5.32 Å². The van der Waals surface area contributed by atoms with Gasteiger partial charge in [-0.15, -0.1) is 10.2 Å². The van der Waals surface area contributed by atoms with E-state index in [1.165, 1.54) is 44.3 Å². The molecule has 1 aliphatic carbocycles. The van der Waals surface area contributed by atoms with E-state index in [1.54, 1.807) is 0 Å². The van der Waals surface area contributed by atoms with Crippen molar-refractivity contribution < 1.29 is 0 Å². The van der Waals surface area contributed by atoms with Crippen molar-refractivity contribution in [1.82, 2.24) is 20.1 Å². The van der Waals surface area contributed by atoms with Gasteiger partial charge in [-0.3, -0.25) is 0 Å². The van der Waals surface area contributed by atoms with E-state index < -0.39 is 0 Å². The number of hydrogen-bond donors (Lipinski definition) is 1. The van der Waals surface area contributed by atoms with Crippen molar-refractivity contribution in [2.45, 2.75) is 67.9 Å². The molecule has 2 heterocycles. The number of aromatic nitrogens is 3. The van der Waals surface area contributed by atoms with Crippen LogP contribution in [0.4, 0.5) is 0 Å². The molecule has 2 unspecified atom stereocenters. The predicted octanol–water partition coefficient (Wildman–Crippen LogP) is 2.24. The maximum atomic E-state index is 4.41. The van der Waals surface area contributed by atoms with Gasteiger partial charge in [0.15, 0.2) is 5.16 Å². The second kappa shape index (κ2) is 5.61. The highest BCUT2D eigenvalue weighted by Gasteiger charge is 2.26. The van der Waals surface area contributed by atoms with Crippen LogP contribution in [0.25, 0.3) is 0 Å². The highest BCUT2D eigenvalue weighted by atomic mass is 32.2. The van der Waals surface area contributed by atoms with Crippen molar-refractivity contribution in [3.05, 3.63) is 5.82 Å². The lowest BCUT2D eigenvalue weighted by molar-refractivity contribution is 0.581. The molecule has 0 radical (unpaired) electrons. The van der Waals surface area contributed by atoms with E-state index in [1.807, 2.05) is 11.8 Å². The number of fused-ring (bicyclic) bond motifs is 1. The van der Waals surface area contributed by atoms with Gasteiger partial charge in [0.05, 0.1) is 0 Å². The first-order valence-corrected chi connectivity index (χ1v) is 8.01. The van der Waals surface area contributed by atoms with Gasteiger partial charge in [0.25, 0.3) is 0 Å². The Kier molecular flexibility index (Phi) is 3.89. The fourth-order valence-electron chi connectivity index (χ4n) is 3.00. The molecule has 1 saturated carbocycles. The summed E-state index contributed by atoms with van der Waals surface area (Å²) < 4.78 is 2.37. The van der Waals surface area contributed by atoms with Gasteiger partial charge in [-0.2, -0.15) is 0 Å². The summed E-state index contributed by atoms with van der Waals surface area (Å²) >= 11 is 1.95. The first kappa shape index (κ1) is 12.5. The lowest BCUT2D eigenvalue weighted by Gasteiger charge is -2.11. The summed E-state index contributed by atoms with van der Waals surface area (Å²) in [5.74, 6) is 1.21. The molecule has 4 nitrogen and oxygen atoms in total. The monoisotopic (exact) mass is 266 g/mol. The summed E-state index contributed by atoms with van der Waals surface area (Å²) in [5, 5.41) is 14.1. The lowest BCUT2D eigenvalue weighted by atomic mass is 10.2. The molecule has 2 atom stereocenters. The van der Waals surface area contributed by atoms with E-state index in [9.17, 15) is 0 Å². The molecule has 1 aliphatic heterocycles. The third kappa shape index (κ3) is 2.57. The Labute approximate surface area is 113 Å². The molecule has 2 aliphatic rings. The zero-order chi connectivity index (χ0) is 12.4. The topological polar surface area (TPSA) is 42.7 Å². The largest absolute Gasteiger partial charge is 0.317 e. The highest BCUT2D eigenvalue weighted by Crippen LogP contribution is 2.34. The van der Waals surface area contributed by atoms with Crippen molar-refractivity contribution in [3.63, 3.8) is 0 Å². The Hall–Kier alpha value is -0.550. The van der Waals surface area contributed by atoms with Crippen LogP contribution in [0.15, 0.2) is 5.16 Å². The molecule has 100 valence electrons. The van der Waals surface area contributed by atoms with Crippen LogP contribution in [0.3, 0.4) is 0 Å². The average molecular weight is 266 g/mol. The van der Waals surface area contributed by atoms with Crippen molar-refractivity contribution in [2.24, 2.45) is 0 Å². The van der Waals surface area contributed by atoms with E-state index in [0.29, 0.717) is 6.04 Å². The molecule has 1 fully saturated rings. The zero-order valence-corrected chi connectivity index (χ0v) is 11.9. The van der Waals surface area contributed by atoms with E-state index in [0.717, 1.165) is 23.4 Å². The predicted molar refractivity (Wildman–Crippen MR) is 73.9 cm³/mol. The van der Waals surface area contributed by atoms with Crippen molar-refractivity contribution in [3.8, 4) is 0 Å². The second-order valence-electron chi connectivity index (χ2n) is 5.40. The quantitative estimate of drug-likeness (QED) is 0.911. The molecule has 5 heteroatoms. The Morgan fingerprint density at radius 2 is 2.17 bits per heavy atom. The van der Waals surface area contributed by atoms with E-state index in [2.05, 4.69) is 27.1 Å². The average Bonchev–Trinajstić information content (AvgIpc) is 2.91.